The monoisotopic (exact) mass is 353 g/mol. The van der Waals surface area contributed by atoms with Crippen LogP contribution >= 0.6 is 23.2 Å². The number of benzene rings is 1. The van der Waals surface area contributed by atoms with E-state index in [1.807, 2.05) is 0 Å². The van der Waals surface area contributed by atoms with Crippen LogP contribution in [-0.2, 0) is 15.9 Å². The summed E-state index contributed by atoms with van der Waals surface area (Å²) in [6.07, 6.45) is 4.86. The molecule has 0 aliphatic heterocycles. The van der Waals surface area contributed by atoms with Gasteiger partial charge in [-0.15, -0.1) is 11.6 Å². The Hall–Kier alpha value is -0.360. The van der Waals surface area contributed by atoms with E-state index in [9.17, 15) is 12.8 Å². The van der Waals surface area contributed by atoms with Crippen molar-refractivity contribution < 1.29 is 12.8 Å². The molecule has 0 unspecified atom stereocenters. The molecule has 1 fully saturated rings. The summed E-state index contributed by atoms with van der Waals surface area (Å²) < 4.78 is 40.4. The fraction of sp³-hybridized carbons (Fsp3) is 0.571. The first-order valence-electron chi connectivity index (χ1n) is 6.90. The minimum atomic E-state index is -3.73. The number of hydrogen-bond donors (Lipinski definition) is 0. The lowest BCUT2D eigenvalue weighted by atomic mass is 9.96. The van der Waals surface area contributed by atoms with Crippen LogP contribution in [0, 0.1) is 5.82 Å². The molecule has 0 N–H and O–H groups in total. The lowest BCUT2D eigenvalue weighted by molar-refractivity contribution is 0.285. The molecule has 0 radical (unpaired) electrons. The Kier molecular flexibility index (Phi) is 5.52. The van der Waals surface area contributed by atoms with Crippen molar-refractivity contribution in [3.8, 4) is 0 Å². The van der Waals surface area contributed by atoms with Crippen LogP contribution in [0.3, 0.4) is 0 Å². The van der Waals surface area contributed by atoms with Gasteiger partial charge in [-0.2, -0.15) is 4.31 Å². The molecule has 0 spiro atoms. The summed E-state index contributed by atoms with van der Waals surface area (Å²) in [6.45, 7) is 0. The van der Waals surface area contributed by atoms with Gasteiger partial charge in [0.2, 0.25) is 10.0 Å². The third-order valence-corrected chi connectivity index (χ3v) is 6.59. The van der Waals surface area contributed by atoms with E-state index in [1.165, 1.54) is 10.4 Å². The molecule has 3 nitrogen and oxygen atoms in total. The molecule has 1 saturated carbocycles. The van der Waals surface area contributed by atoms with Gasteiger partial charge in [0.1, 0.15) is 5.82 Å². The smallest absolute Gasteiger partial charge is 0.207 e. The first-order valence-corrected chi connectivity index (χ1v) is 9.25. The van der Waals surface area contributed by atoms with Gasteiger partial charge in [-0.05, 0) is 30.5 Å². The van der Waals surface area contributed by atoms with E-state index in [0.29, 0.717) is 0 Å². The standard InChI is InChI=1S/C14H18Cl2FNO2S/c1-18(11-5-3-2-4-6-11)21(19,20)12-7-10(9-15)14(16)13(17)8-12/h7-8,11H,2-6,9H2,1H3. The highest BCUT2D eigenvalue weighted by atomic mass is 35.5. The topological polar surface area (TPSA) is 37.4 Å². The van der Waals surface area contributed by atoms with Crippen LogP contribution in [0.15, 0.2) is 17.0 Å². The molecule has 118 valence electrons. The fourth-order valence-electron chi connectivity index (χ4n) is 2.67. The van der Waals surface area contributed by atoms with Crippen LogP contribution in [-0.4, -0.2) is 25.8 Å². The summed E-state index contributed by atoms with van der Waals surface area (Å²) in [5.41, 5.74) is 0.286. The molecule has 0 saturated heterocycles. The largest absolute Gasteiger partial charge is 0.243 e. The van der Waals surface area contributed by atoms with Crippen molar-refractivity contribution in [2.45, 2.75) is 48.9 Å². The molecular weight excluding hydrogens is 336 g/mol. The molecule has 0 amide bonds. The lowest BCUT2D eigenvalue weighted by Gasteiger charge is -2.30. The molecule has 1 aliphatic carbocycles. The van der Waals surface area contributed by atoms with Crippen molar-refractivity contribution in [1.29, 1.82) is 0 Å². The predicted molar refractivity (Wildman–Crippen MR) is 82.8 cm³/mol. The Morgan fingerprint density at radius 2 is 1.90 bits per heavy atom. The number of nitrogens with zero attached hydrogens (tertiary/aromatic N) is 1. The first-order chi connectivity index (χ1) is 9.87. The number of halogens is 3. The second-order valence-electron chi connectivity index (χ2n) is 5.32. The zero-order valence-corrected chi connectivity index (χ0v) is 14.1. The second-order valence-corrected chi connectivity index (χ2v) is 7.97. The van der Waals surface area contributed by atoms with E-state index in [-0.39, 0.29) is 27.4 Å². The average Bonchev–Trinajstić information content (AvgIpc) is 2.49. The summed E-state index contributed by atoms with van der Waals surface area (Å²) in [6, 6.07) is 2.29. The Morgan fingerprint density at radius 1 is 1.29 bits per heavy atom. The molecule has 0 atom stereocenters. The maximum atomic E-state index is 13.8. The van der Waals surface area contributed by atoms with Crippen LogP contribution in [0.1, 0.15) is 37.7 Å². The Balaban J connectivity index is 2.36. The average molecular weight is 354 g/mol. The summed E-state index contributed by atoms with van der Waals surface area (Å²) in [7, 11) is -2.18. The highest BCUT2D eigenvalue weighted by molar-refractivity contribution is 7.89. The van der Waals surface area contributed by atoms with Crippen LogP contribution in [0.2, 0.25) is 5.02 Å². The number of hydrogen-bond acceptors (Lipinski definition) is 2. The van der Waals surface area contributed by atoms with E-state index in [0.717, 1.165) is 38.2 Å². The van der Waals surface area contributed by atoms with Crippen LogP contribution < -0.4 is 0 Å². The SMILES string of the molecule is CN(C1CCCCC1)S(=O)(=O)c1cc(F)c(Cl)c(CCl)c1. The Bertz CT molecular complexity index is 616. The van der Waals surface area contributed by atoms with Gasteiger partial charge in [-0.25, -0.2) is 12.8 Å². The number of alkyl halides is 1. The molecule has 7 heteroatoms. The van der Waals surface area contributed by atoms with Crippen molar-refractivity contribution in [2.75, 3.05) is 7.05 Å². The predicted octanol–water partition coefficient (Wildman–Crippen LogP) is 4.17. The molecule has 21 heavy (non-hydrogen) atoms. The minimum Gasteiger partial charge on any atom is -0.207 e. The van der Waals surface area contributed by atoms with Gasteiger partial charge >= 0.3 is 0 Å². The number of rotatable bonds is 4. The third-order valence-electron chi connectivity index (χ3n) is 3.99. The first kappa shape index (κ1) is 17.0. The highest BCUT2D eigenvalue weighted by Gasteiger charge is 2.30. The molecule has 0 bridgehead atoms. The maximum Gasteiger partial charge on any atom is 0.243 e. The van der Waals surface area contributed by atoms with E-state index in [4.69, 9.17) is 23.2 Å². The van der Waals surface area contributed by atoms with Crippen molar-refractivity contribution in [2.24, 2.45) is 0 Å². The quantitative estimate of drug-likeness (QED) is 0.761. The second kappa shape index (κ2) is 6.82. The van der Waals surface area contributed by atoms with Crippen molar-refractivity contribution in [1.82, 2.24) is 4.31 Å². The molecule has 1 aliphatic rings. The molecule has 0 heterocycles. The minimum absolute atomic E-state index is 0.0260. The van der Waals surface area contributed by atoms with Gasteiger partial charge in [0, 0.05) is 19.0 Å². The third kappa shape index (κ3) is 3.52. The summed E-state index contributed by atoms with van der Waals surface area (Å²) in [5.74, 6) is -0.794. The zero-order chi connectivity index (χ0) is 15.6. The molecule has 0 aromatic heterocycles. The van der Waals surface area contributed by atoms with E-state index >= 15 is 0 Å². The van der Waals surface area contributed by atoms with Gasteiger partial charge in [0.25, 0.3) is 0 Å². The van der Waals surface area contributed by atoms with Gasteiger partial charge in [0.15, 0.2) is 0 Å². The summed E-state index contributed by atoms with van der Waals surface area (Å²) >= 11 is 11.5. The van der Waals surface area contributed by atoms with Gasteiger partial charge < -0.3 is 0 Å². The number of sulfonamides is 1. The van der Waals surface area contributed by atoms with Gasteiger partial charge in [0.05, 0.1) is 9.92 Å². The molecule has 1 aromatic carbocycles. The zero-order valence-electron chi connectivity index (χ0n) is 11.8. The molecule has 1 aromatic rings. The van der Waals surface area contributed by atoms with Crippen LogP contribution in [0.25, 0.3) is 0 Å². The highest BCUT2D eigenvalue weighted by Crippen LogP contribution is 2.30. The Labute approximate surface area is 135 Å². The maximum absolute atomic E-state index is 13.8. The summed E-state index contributed by atoms with van der Waals surface area (Å²) in [5, 5.41) is -0.121. The van der Waals surface area contributed by atoms with Crippen LogP contribution in [0.5, 0.6) is 0 Å². The van der Waals surface area contributed by atoms with Gasteiger partial charge in [-0.1, -0.05) is 30.9 Å². The van der Waals surface area contributed by atoms with Crippen molar-refractivity contribution >= 4 is 33.2 Å². The molecule has 2 rings (SSSR count). The fourth-order valence-corrected chi connectivity index (χ4v) is 4.61. The van der Waals surface area contributed by atoms with Gasteiger partial charge in [-0.3, -0.25) is 0 Å². The normalized spacial score (nSPS) is 17.4. The van der Waals surface area contributed by atoms with Crippen molar-refractivity contribution in [3.63, 3.8) is 0 Å². The van der Waals surface area contributed by atoms with Crippen LogP contribution in [0.4, 0.5) is 4.39 Å². The van der Waals surface area contributed by atoms with E-state index < -0.39 is 15.8 Å². The van der Waals surface area contributed by atoms with E-state index in [1.54, 1.807) is 7.05 Å². The molecular formula is C14H18Cl2FNO2S. The Morgan fingerprint density at radius 3 is 2.48 bits per heavy atom. The van der Waals surface area contributed by atoms with Crippen molar-refractivity contribution in [3.05, 3.63) is 28.5 Å². The summed E-state index contributed by atoms with van der Waals surface area (Å²) in [4.78, 5) is -0.0897. The lowest BCUT2D eigenvalue weighted by Crippen LogP contribution is -2.38. The van der Waals surface area contributed by atoms with E-state index in [2.05, 4.69) is 0 Å².